The predicted octanol–water partition coefficient (Wildman–Crippen LogP) is 3.03. The lowest BCUT2D eigenvalue weighted by molar-refractivity contribution is 0.0947. The molecule has 2 aromatic rings. The summed E-state index contributed by atoms with van der Waals surface area (Å²) in [4.78, 5) is 22.8. The summed E-state index contributed by atoms with van der Waals surface area (Å²) in [5.74, 6) is 0.454. The van der Waals surface area contributed by atoms with Crippen molar-refractivity contribution < 1.29 is 4.79 Å². The quantitative estimate of drug-likeness (QED) is 0.677. The molecule has 1 heterocycles. The van der Waals surface area contributed by atoms with Crippen molar-refractivity contribution in [3.63, 3.8) is 0 Å². The molecule has 0 aliphatic heterocycles. The van der Waals surface area contributed by atoms with Crippen LogP contribution in [0.4, 0.5) is 11.5 Å². The number of anilines is 2. The maximum atomic E-state index is 12.1. The van der Waals surface area contributed by atoms with E-state index in [2.05, 4.69) is 57.5 Å². The molecule has 0 fully saturated rings. The molecule has 0 aliphatic rings. The van der Waals surface area contributed by atoms with Gasteiger partial charge in [-0.1, -0.05) is 32.0 Å². The lowest BCUT2D eigenvalue weighted by Gasteiger charge is -2.14. The summed E-state index contributed by atoms with van der Waals surface area (Å²) in [5.41, 5.74) is 3.91. The summed E-state index contributed by atoms with van der Waals surface area (Å²) >= 11 is 0. The van der Waals surface area contributed by atoms with E-state index in [4.69, 9.17) is 0 Å². The zero-order valence-corrected chi connectivity index (χ0v) is 16.2. The molecule has 0 saturated carbocycles. The molecule has 1 aromatic carbocycles. The summed E-state index contributed by atoms with van der Waals surface area (Å²) < 4.78 is 0. The van der Waals surface area contributed by atoms with Crippen LogP contribution in [0.25, 0.3) is 0 Å². The number of amides is 1. The van der Waals surface area contributed by atoms with Gasteiger partial charge in [-0.15, -0.1) is 0 Å². The first-order valence-corrected chi connectivity index (χ1v) is 9.17. The van der Waals surface area contributed by atoms with Crippen LogP contribution in [-0.2, 0) is 12.8 Å². The molecule has 0 saturated heterocycles. The van der Waals surface area contributed by atoms with Gasteiger partial charge >= 0.3 is 0 Å². The average molecular weight is 355 g/mol. The number of rotatable bonds is 9. The van der Waals surface area contributed by atoms with Gasteiger partial charge in [-0.25, -0.2) is 9.97 Å². The highest BCUT2D eigenvalue weighted by Gasteiger charge is 2.10. The first kappa shape index (κ1) is 19.8. The molecule has 6 heteroatoms. The van der Waals surface area contributed by atoms with E-state index in [-0.39, 0.29) is 5.91 Å². The minimum Gasteiger partial charge on any atom is -0.351 e. The third kappa shape index (κ3) is 5.52. The average Bonchev–Trinajstić information content (AvgIpc) is 2.65. The van der Waals surface area contributed by atoms with E-state index in [1.54, 1.807) is 6.20 Å². The molecular formula is C20H29N5O. The molecule has 0 radical (unpaired) electrons. The smallest absolute Gasteiger partial charge is 0.271 e. The van der Waals surface area contributed by atoms with Crippen LogP contribution in [0, 0.1) is 0 Å². The molecule has 6 nitrogen and oxygen atoms in total. The number of aromatic nitrogens is 2. The number of aryl methyl sites for hydroxylation is 2. The van der Waals surface area contributed by atoms with Gasteiger partial charge in [-0.05, 0) is 51.0 Å². The van der Waals surface area contributed by atoms with Gasteiger partial charge in [-0.3, -0.25) is 4.79 Å². The summed E-state index contributed by atoms with van der Waals surface area (Å²) in [7, 11) is 4.03. The van der Waals surface area contributed by atoms with E-state index in [0.717, 1.165) is 31.5 Å². The van der Waals surface area contributed by atoms with Gasteiger partial charge in [0.1, 0.15) is 11.5 Å². The number of nitrogens with zero attached hydrogens (tertiary/aromatic N) is 3. The van der Waals surface area contributed by atoms with Crippen molar-refractivity contribution in [3.05, 3.63) is 47.4 Å². The Morgan fingerprint density at radius 1 is 1.08 bits per heavy atom. The second kappa shape index (κ2) is 9.87. The molecule has 0 bridgehead atoms. The van der Waals surface area contributed by atoms with E-state index < -0.39 is 0 Å². The van der Waals surface area contributed by atoms with Crippen LogP contribution < -0.4 is 10.6 Å². The van der Waals surface area contributed by atoms with Gasteiger partial charge in [0, 0.05) is 12.2 Å². The van der Waals surface area contributed by atoms with E-state index in [1.807, 2.05) is 14.1 Å². The molecule has 2 N–H and O–H groups in total. The molecule has 0 unspecified atom stereocenters. The Morgan fingerprint density at radius 3 is 2.31 bits per heavy atom. The van der Waals surface area contributed by atoms with Crippen LogP contribution in [0.5, 0.6) is 0 Å². The highest BCUT2D eigenvalue weighted by atomic mass is 16.1. The van der Waals surface area contributed by atoms with Crippen molar-refractivity contribution >= 4 is 17.4 Å². The van der Waals surface area contributed by atoms with E-state index in [0.29, 0.717) is 18.1 Å². The zero-order chi connectivity index (χ0) is 18.9. The lowest BCUT2D eigenvalue weighted by Crippen LogP contribution is -2.27. The first-order valence-electron chi connectivity index (χ1n) is 9.17. The van der Waals surface area contributed by atoms with Gasteiger partial charge < -0.3 is 15.5 Å². The van der Waals surface area contributed by atoms with Crippen molar-refractivity contribution in [2.45, 2.75) is 33.1 Å². The van der Waals surface area contributed by atoms with Crippen LogP contribution in [0.3, 0.4) is 0 Å². The Kier molecular flexibility index (Phi) is 7.53. The summed E-state index contributed by atoms with van der Waals surface area (Å²) in [5, 5.41) is 6.23. The standard InChI is InChI=1S/C20H29N5O/c1-5-15-9-7-10-16(6-2)19(15)24-18-14-22-17(13-23-18)20(26)21-11-8-12-25(3)4/h7,9-10,13-14H,5-6,8,11-12H2,1-4H3,(H,21,26)(H,23,24). The monoisotopic (exact) mass is 355 g/mol. The maximum absolute atomic E-state index is 12.1. The molecule has 0 spiro atoms. The zero-order valence-electron chi connectivity index (χ0n) is 16.2. The molecule has 1 aromatic heterocycles. The molecule has 1 amide bonds. The van der Waals surface area contributed by atoms with Crippen molar-refractivity contribution in [2.75, 3.05) is 32.5 Å². The molecule has 0 aliphatic carbocycles. The lowest BCUT2D eigenvalue weighted by atomic mass is 10.0. The highest BCUT2D eigenvalue weighted by molar-refractivity contribution is 5.92. The van der Waals surface area contributed by atoms with Gasteiger partial charge in [0.15, 0.2) is 0 Å². The number of benzene rings is 1. The van der Waals surface area contributed by atoms with Gasteiger partial charge in [0.2, 0.25) is 0 Å². The first-order chi connectivity index (χ1) is 12.5. The minimum absolute atomic E-state index is 0.189. The minimum atomic E-state index is -0.189. The van der Waals surface area contributed by atoms with Crippen molar-refractivity contribution in [1.29, 1.82) is 0 Å². The fourth-order valence-electron chi connectivity index (χ4n) is 2.73. The van der Waals surface area contributed by atoms with Crippen molar-refractivity contribution in [2.24, 2.45) is 0 Å². The Morgan fingerprint density at radius 2 is 1.77 bits per heavy atom. The SMILES string of the molecule is CCc1cccc(CC)c1Nc1cnc(C(=O)NCCCN(C)C)cn1. The highest BCUT2D eigenvalue weighted by Crippen LogP contribution is 2.25. The fourth-order valence-corrected chi connectivity index (χ4v) is 2.73. The third-order valence-corrected chi connectivity index (χ3v) is 4.20. The molecule has 0 atom stereocenters. The van der Waals surface area contributed by atoms with Crippen LogP contribution in [0.15, 0.2) is 30.6 Å². The van der Waals surface area contributed by atoms with E-state index >= 15 is 0 Å². The summed E-state index contributed by atoms with van der Waals surface area (Å²) in [6.07, 6.45) is 5.91. The van der Waals surface area contributed by atoms with Crippen LogP contribution in [0.2, 0.25) is 0 Å². The second-order valence-electron chi connectivity index (χ2n) is 6.48. The fraction of sp³-hybridized carbons (Fsp3) is 0.450. The van der Waals surface area contributed by atoms with Crippen LogP contribution >= 0.6 is 0 Å². The van der Waals surface area contributed by atoms with Crippen LogP contribution in [-0.4, -0.2) is 48.0 Å². The Hall–Kier alpha value is -2.47. The Balaban J connectivity index is 2.01. The number of carbonyl (C=O) groups is 1. The third-order valence-electron chi connectivity index (χ3n) is 4.20. The maximum Gasteiger partial charge on any atom is 0.271 e. The largest absolute Gasteiger partial charge is 0.351 e. The van der Waals surface area contributed by atoms with E-state index in [9.17, 15) is 4.79 Å². The Labute approximate surface area is 156 Å². The van der Waals surface area contributed by atoms with Crippen LogP contribution in [0.1, 0.15) is 41.9 Å². The van der Waals surface area contributed by atoms with Crippen molar-refractivity contribution in [1.82, 2.24) is 20.2 Å². The van der Waals surface area contributed by atoms with Gasteiger partial charge in [-0.2, -0.15) is 0 Å². The molecular weight excluding hydrogens is 326 g/mol. The summed E-state index contributed by atoms with van der Waals surface area (Å²) in [6, 6.07) is 6.31. The number of hydrogen-bond acceptors (Lipinski definition) is 5. The second-order valence-corrected chi connectivity index (χ2v) is 6.48. The predicted molar refractivity (Wildman–Crippen MR) is 106 cm³/mol. The Bertz CT molecular complexity index is 690. The van der Waals surface area contributed by atoms with Gasteiger partial charge in [0.05, 0.1) is 12.4 Å². The van der Waals surface area contributed by atoms with Gasteiger partial charge in [0.25, 0.3) is 5.91 Å². The number of nitrogens with one attached hydrogen (secondary N) is 2. The summed E-state index contributed by atoms with van der Waals surface area (Å²) in [6.45, 7) is 5.83. The number of hydrogen-bond donors (Lipinski definition) is 2. The van der Waals surface area contributed by atoms with E-state index in [1.165, 1.54) is 17.3 Å². The molecule has 2 rings (SSSR count). The number of carbonyl (C=O) groups excluding carboxylic acids is 1. The topological polar surface area (TPSA) is 70.2 Å². The number of para-hydroxylation sites is 1. The molecule has 26 heavy (non-hydrogen) atoms. The molecule has 140 valence electrons. The normalized spacial score (nSPS) is 10.8. The van der Waals surface area contributed by atoms with Crippen molar-refractivity contribution in [3.8, 4) is 0 Å².